The molecule has 156 valence electrons. The lowest BCUT2D eigenvalue weighted by atomic mass is 9.96. The highest BCUT2D eigenvalue weighted by Crippen LogP contribution is 2.23. The summed E-state index contributed by atoms with van der Waals surface area (Å²) in [5, 5.41) is 2.92. The second-order valence-electron chi connectivity index (χ2n) is 7.34. The van der Waals surface area contributed by atoms with Crippen molar-refractivity contribution in [1.82, 2.24) is 9.62 Å². The Labute approximate surface area is 169 Å². The van der Waals surface area contributed by atoms with E-state index in [1.54, 1.807) is 12.1 Å². The average molecular weight is 422 g/mol. The second-order valence-corrected chi connectivity index (χ2v) is 9.31. The van der Waals surface area contributed by atoms with Crippen molar-refractivity contribution in [2.24, 2.45) is 5.92 Å². The molecule has 8 heteroatoms. The van der Waals surface area contributed by atoms with Gasteiger partial charge < -0.3 is 5.32 Å². The van der Waals surface area contributed by atoms with Crippen molar-refractivity contribution in [1.29, 1.82) is 0 Å². The summed E-state index contributed by atoms with van der Waals surface area (Å²) in [5.74, 6) is -1.33. The zero-order valence-corrected chi connectivity index (χ0v) is 17.0. The number of halogens is 2. The van der Waals surface area contributed by atoms with E-state index in [0.717, 1.165) is 5.56 Å². The predicted octanol–water partition coefficient (Wildman–Crippen LogP) is 3.38. The van der Waals surface area contributed by atoms with E-state index in [1.807, 2.05) is 6.92 Å². The molecule has 1 atom stereocenters. The second kappa shape index (κ2) is 9.00. The van der Waals surface area contributed by atoms with Crippen LogP contribution in [-0.4, -0.2) is 31.7 Å². The number of benzene rings is 2. The third kappa shape index (κ3) is 5.61. The minimum atomic E-state index is -3.52. The van der Waals surface area contributed by atoms with E-state index in [-0.39, 0.29) is 42.5 Å². The molecule has 1 aliphatic rings. The Balaban J connectivity index is 1.53. The van der Waals surface area contributed by atoms with Gasteiger partial charge in [-0.25, -0.2) is 21.5 Å². The SMILES string of the molecule is C[C@H](NC(=O)C1CCN(S(=O)(=O)Cc2ccc(F)cc2)CC1)c1ccc(F)cc1. The Kier molecular flexibility index (Phi) is 6.64. The molecule has 0 aromatic heterocycles. The van der Waals surface area contributed by atoms with E-state index in [2.05, 4.69) is 5.32 Å². The lowest BCUT2D eigenvalue weighted by Crippen LogP contribution is -2.43. The highest BCUT2D eigenvalue weighted by Gasteiger charge is 2.31. The number of amides is 1. The third-order valence-corrected chi connectivity index (χ3v) is 7.06. The summed E-state index contributed by atoms with van der Waals surface area (Å²) >= 11 is 0. The van der Waals surface area contributed by atoms with Gasteiger partial charge in [0.05, 0.1) is 11.8 Å². The van der Waals surface area contributed by atoms with Crippen molar-refractivity contribution < 1.29 is 22.0 Å². The average Bonchev–Trinajstić information content (AvgIpc) is 2.70. The number of hydrogen-bond donors (Lipinski definition) is 1. The number of nitrogens with zero attached hydrogens (tertiary/aromatic N) is 1. The first kappa shape index (κ1) is 21.4. The van der Waals surface area contributed by atoms with Crippen LogP contribution in [0.3, 0.4) is 0 Å². The number of hydrogen-bond acceptors (Lipinski definition) is 3. The molecule has 0 radical (unpaired) electrons. The first-order chi connectivity index (χ1) is 13.7. The minimum Gasteiger partial charge on any atom is -0.349 e. The number of carbonyl (C=O) groups excluding carboxylic acids is 1. The van der Waals surface area contributed by atoms with Crippen LogP contribution in [0.1, 0.15) is 36.9 Å². The molecular formula is C21H24F2N2O3S. The van der Waals surface area contributed by atoms with Gasteiger partial charge in [-0.15, -0.1) is 0 Å². The number of rotatable bonds is 6. The van der Waals surface area contributed by atoms with E-state index in [1.165, 1.54) is 40.7 Å². The largest absolute Gasteiger partial charge is 0.349 e. The zero-order chi connectivity index (χ0) is 21.0. The van der Waals surface area contributed by atoms with Crippen molar-refractivity contribution in [2.45, 2.75) is 31.6 Å². The van der Waals surface area contributed by atoms with Crippen LogP contribution >= 0.6 is 0 Å². The van der Waals surface area contributed by atoms with Gasteiger partial charge in [-0.05, 0) is 55.2 Å². The van der Waals surface area contributed by atoms with Crippen molar-refractivity contribution in [2.75, 3.05) is 13.1 Å². The summed E-state index contributed by atoms with van der Waals surface area (Å²) in [6, 6.07) is 11.1. The molecule has 0 unspecified atom stereocenters. The molecule has 3 rings (SSSR count). The van der Waals surface area contributed by atoms with Crippen molar-refractivity contribution >= 4 is 15.9 Å². The van der Waals surface area contributed by atoms with E-state index >= 15 is 0 Å². The fraction of sp³-hybridized carbons (Fsp3) is 0.381. The maximum atomic E-state index is 13.0. The molecule has 29 heavy (non-hydrogen) atoms. The summed E-state index contributed by atoms with van der Waals surface area (Å²) < 4.78 is 52.6. The van der Waals surface area contributed by atoms with E-state index in [9.17, 15) is 22.0 Å². The molecule has 1 saturated heterocycles. The first-order valence-electron chi connectivity index (χ1n) is 9.53. The highest BCUT2D eigenvalue weighted by atomic mass is 32.2. The molecule has 1 fully saturated rings. The van der Waals surface area contributed by atoms with Crippen LogP contribution in [0.5, 0.6) is 0 Å². The Bertz CT molecular complexity index is 939. The fourth-order valence-electron chi connectivity index (χ4n) is 3.44. The van der Waals surface area contributed by atoms with Crippen LogP contribution < -0.4 is 5.32 Å². The van der Waals surface area contributed by atoms with Crippen molar-refractivity contribution in [3.8, 4) is 0 Å². The van der Waals surface area contributed by atoms with Crippen LogP contribution in [-0.2, 0) is 20.6 Å². The summed E-state index contributed by atoms with van der Waals surface area (Å²) in [5.41, 5.74) is 1.33. The van der Waals surface area contributed by atoms with Crippen molar-refractivity contribution in [3.63, 3.8) is 0 Å². The maximum Gasteiger partial charge on any atom is 0.223 e. The van der Waals surface area contributed by atoms with Crippen LogP contribution in [0.2, 0.25) is 0 Å². The molecule has 2 aromatic rings. The van der Waals surface area contributed by atoms with Gasteiger partial charge in [0.25, 0.3) is 0 Å². The minimum absolute atomic E-state index is 0.127. The highest BCUT2D eigenvalue weighted by molar-refractivity contribution is 7.88. The zero-order valence-electron chi connectivity index (χ0n) is 16.1. The molecule has 1 amide bonds. The number of sulfonamides is 1. The van der Waals surface area contributed by atoms with Crippen LogP contribution in [0.15, 0.2) is 48.5 Å². The van der Waals surface area contributed by atoms with E-state index < -0.39 is 15.8 Å². The number of piperidine rings is 1. The summed E-state index contributed by atoms with van der Waals surface area (Å²) in [6.07, 6.45) is 0.870. The van der Waals surface area contributed by atoms with Gasteiger partial charge in [0.2, 0.25) is 15.9 Å². The van der Waals surface area contributed by atoms with Gasteiger partial charge in [-0.3, -0.25) is 4.79 Å². The van der Waals surface area contributed by atoms with Gasteiger partial charge >= 0.3 is 0 Å². The quantitative estimate of drug-likeness (QED) is 0.776. The Morgan fingerprint density at radius 3 is 2.10 bits per heavy atom. The molecule has 2 aromatic carbocycles. The monoisotopic (exact) mass is 422 g/mol. The lowest BCUT2D eigenvalue weighted by molar-refractivity contribution is -0.126. The molecule has 0 aliphatic carbocycles. The Hall–Kier alpha value is -2.32. The number of nitrogens with one attached hydrogen (secondary N) is 1. The maximum absolute atomic E-state index is 13.0. The van der Waals surface area contributed by atoms with Crippen LogP contribution in [0.4, 0.5) is 8.78 Å². The first-order valence-corrected chi connectivity index (χ1v) is 11.1. The van der Waals surface area contributed by atoms with Gasteiger partial charge in [0.1, 0.15) is 11.6 Å². The van der Waals surface area contributed by atoms with Gasteiger partial charge in [0.15, 0.2) is 0 Å². The Morgan fingerprint density at radius 1 is 1.03 bits per heavy atom. The third-order valence-electron chi connectivity index (χ3n) is 5.21. The molecule has 1 aliphatic heterocycles. The van der Waals surface area contributed by atoms with Gasteiger partial charge in [0, 0.05) is 19.0 Å². The Morgan fingerprint density at radius 2 is 1.55 bits per heavy atom. The van der Waals surface area contributed by atoms with Gasteiger partial charge in [-0.1, -0.05) is 24.3 Å². The van der Waals surface area contributed by atoms with E-state index in [4.69, 9.17) is 0 Å². The molecular weight excluding hydrogens is 398 g/mol. The lowest BCUT2D eigenvalue weighted by Gasteiger charge is -2.31. The molecule has 1 heterocycles. The molecule has 5 nitrogen and oxygen atoms in total. The standard InChI is InChI=1S/C21H24F2N2O3S/c1-15(17-4-8-20(23)9-5-17)24-21(26)18-10-12-25(13-11-18)29(27,28)14-16-2-6-19(22)7-3-16/h2-9,15,18H,10-14H2,1H3,(H,24,26)/t15-/m0/s1. The fourth-order valence-corrected chi connectivity index (χ4v) is 5.01. The van der Waals surface area contributed by atoms with Crippen LogP contribution in [0, 0.1) is 17.6 Å². The van der Waals surface area contributed by atoms with Gasteiger partial charge in [-0.2, -0.15) is 0 Å². The number of carbonyl (C=O) groups is 1. The summed E-state index contributed by atoms with van der Waals surface area (Å²) in [7, 11) is -3.52. The smallest absolute Gasteiger partial charge is 0.223 e. The summed E-state index contributed by atoms with van der Waals surface area (Å²) in [4.78, 5) is 12.5. The topological polar surface area (TPSA) is 66.5 Å². The van der Waals surface area contributed by atoms with Crippen LogP contribution in [0.25, 0.3) is 0 Å². The molecule has 0 bridgehead atoms. The molecule has 0 spiro atoms. The molecule has 1 N–H and O–H groups in total. The predicted molar refractivity (Wildman–Crippen MR) is 106 cm³/mol. The summed E-state index contributed by atoms with van der Waals surface area (Å²) in [6.45, 7) is 2.37. The van der Waals surface area contributed by atoms with E-state index in [0.29, 0.717) is 18.4 Å². The van der Waals surface area contributed by atoms with Crippen molar-refractivity contribution in [3.05, 3.63) is 71.3 Å². The normalized spacial score (nSPS) is 17.1. The molecule has 0 saturated carbocycles.